The molecule has 0 heterocycles. The zero-order valence-electron chi connectivity index (χ0n) is 5.66. The van der Waals surface area contributed by atoms with Crippen LogP contribution in [0, 0.1) is 5.92 Å². The number of aliphatic hydroxyl groups excluding tert-OH is 1. The Hall–Kier alpha value is -0.570. The molecule has 0 radical (unpaired) electrons. The summed E-state index contributed by atoms with van der Waals surface area (Å²) in [6.07, 6.45) is -0.213. The number of hydrogen-bond donors (Lipinski definition) is 2. The first-order valence-corrected chi connectivity index (χ1v) is 3.00. The van der Waals surface area contributed by atoms with Gasteiger partial charge >= 0.3 is 5.97 Å². The third-order valence-electron chi connectivity index (χ3n) is 1.38. The van der Waals surface area contributed by atoms with Gasteiger partial charge in [-0.2, -0.15) is 0 Å². The topological polar surface area (TPSA) is 57.5 Å². The van der Waals surface area contributed by atoms with Gasteiger partial charge in [-0.15, -0.1) is 0 Å². The van der Waals surface area contributed by atoms with E-state index in [1.54, 1.807) is 6.92 Å². The molecule has 0 aromatic rings. The van der Waals surface area contributed by atoms with E-state index >= 15 is 0 Å². The van der Waals surface area contributed by atoms with Crippen LogP contribution >= 0.6 is 0 Å². The summed E-state index contributed by atoms with van der Waals surface area (Å²) in [5, 5.41) is 17.2. The number of carboxylic acids is 1. The lowest BCUT2D eigenvalue weighted by molar-refractivity contribution is -0.144. The Morgan fingerprint density at radius 1 is 1.67 bits per heavy atom. The van der Waals surface area contributed by atoms with Crippen molar-refractivity contribution in [2.75, 3.05) is 0 Å². The first-order valence-electron chi connectivity index (χ1n) is 3.00. The third kappa shape index (κ3) is 2.46. The maximum Gasteiger partial charge on any atom is 0.308 e. The molecule has 0 aliphatic carbocycles. The highest BCUT2D eigenvalue weighted by atomic mass is 16.4. The molecule has 0 spiro atoms. The lowest BCUT2D eigenvalue weighted by Gasteiger charge is -2.10. The van der Waals surface area contributed by atoms with Crippen molar-refractivity contribution in [1.29, 1.82) is 0 Å². The highest BCUT2D eigenvalue weighted by molar-refractivity contribution is 5.70. The molecule has 0 bridgehead atoms. The van der Waals surface area contributed by atoms with E-state index in [1.807, 2.05) is 0 Å². The number of rotatable bonds is 3. The molecule has 0 aromatic heterocycles. The summed E-state index contributed by atoms with van der Waals surface area (Å²) in [6.45, 7) is 3.25. The van der Waals surface area contributed by atoms with Gasteiger partial charge in [0.15, 0.2) is 0 Å². The molecule has 0 aliphatic heterocycles. The van der Waals surface area contributed by atoms with E-state index < -0.39 is 18.0 Å². The highest BCUT2D eigenvalue weighted by Crippen LogP contribution is 2.05. The zero-order valence-corrected chi connectivity index (χ0v) is 5.66. The van der Waals surface area contributed by atoms with Crippen molar-refractivity contribution in [3.8, 4) is 0 Å². The van der Waals surface area contributed by atoms with Crippen molar-refractivity contribution >= 4 is 5.97 Å². The average Bonchev–Trinajstić information content (AvgIpc) is 1.84. The largest absolute Gasteiger partial charge is 0.481 e. The Morgan fingerprint density at radius 3 is 2.22 bits per heavy atom. The van der Waals surface area contributed by atoms with Crippen LogP contribution in [0.15, 0.2) is 0 Å². The van der Waals surface area contributed by atoms with Crippen LogP contribution in [-0.4, -0.2) is 22.3 Å². The lowest BCUT2D eigenvalue weighted by atomic mass is 10.0. The number of aliphatic hydroxyl groups is 1. The minimum Gasteiger partial charge on any atom is -0.481 e. The quantitative estimate of drug-likeness (QED) is 0.587. The van der Waals surface area contributed by atoms with Gasteiger partial charge in [-0.3, -0.25) is 4.79 Å². The van der Waals surface area contributed by atoms with Crippen molar-refractivity contribution in [1.82, 2.24) is 0 Å². The van der Waals surface area contributed by atoms with Crippen molar-refractivity contribution < 1.29 is 15.0 Å². The van der Waals surface area contributed by atoms with E-state index in [-0.39, 0.29) is 0 Å². The van der Waals surface area contributed by atoms with Gasteiger partial charge in [-0.25, -0.2) is 0 Å². The molecule has 0 rings (SSSR count). The molecule has 2 atom stereocenters. The van der Waals surface area contributed by atoms with Gasteiger partial charge in [0.1, 0.15) is 0 Å². The van der Waals surface area contributed by atoms with Crippen LogP contribution < -0.4 is 0 Å². The summed E-state index contributed by atoms with van der Waals surface area (Å²) in [6, 6.07) is 0. The molecule has 0 amide bonds. The first-order chi connectivity index (χ1) is 4.09. The maximum atomic E-state index is 10.1. The zero-order chi connectivity index (χ0) is 7.44. The molecular formula is C6H12O3. The predicted octanol–water partition coefficient (Wildman–Crippen LogP) is 0.478. The van der Waals surface area contributed by atoms with Crippen LogP contribution in [0.4, 0.5) is 0 Å². The summed E-state index contributed by atoms with van der Waals surface area (Å²) >= 11 is 0. The number of carboxylic acid groups (broad SMARTS) is 1. The van der Waals surface area contributed by atoms with E-state index in [4.69, 9.17) is 10.2 Å². The Morgan fingerprint density at radius 2 is 2.11 bits per heavy atom. The van der Waals surface area contributed by atoms with Crippen LogP contribution in [0.5, 0.6) is 0 Å². The van der Waals surface area contributed by atoms with Crippen LogP contribution in [0.3, 0.4) is 0 Å². The molecule has 54 valence electrons. The second kappa shape index (κ2) is 3.45. The highest BCUT2D eigenvalue weighted by Gasteiger charge is 2.18. The fraction of sp³-hybridized carbons (Fsp3) is 0.833. The lowest BCUT2D eigenvalue weighted by Crippen LogP contribution is -2.24. The summed E-state index contributed by atoms with van der Waals surface area (Å²) in [7, 11) is 0. The molecule has 0 fully saturated rings. The Bertz CT molecular complexity index is 100. The van der Waals surface area contributed by atoms with E-state index in [1.165, 1.54) is 6.92 Å². The van der Waals surface area contributed by atoms with Crippen molar-refractivity contribution in [2.24, 2.45) is 5.92 Å². The summed E-state index contributed by atoms with van der Waals surface area (Å²) in [5.41, 5.74) is 0. The van der Waals surface area contributed by atoms with E-state index in [9.17, 15) is 4.79 Å². The number of hydrogen-bond acceptors (Lipinski definition) is 2. The Kier molecular flexibility index (Phi) is 3.24. The van der Waals surface area contributed by atoms with Gasteiger partial charge in [-0.1, -0.05) is 6.92 Å². The molecule has 0 aromatic carbocycles. The predicted molar refractivity (Wildman–Crippen MR) is 33.1 cm³/mol. The van der Waals surface area contributed by atoms with Gasteiger partial charge < -0.3 is 10.2 Å². The molecule has 3 heteroatoms. The molecular weight excluding hydrogens is 120 g/mol. The second-order valence-corrected chi connectivity index (χ2v) is 2.10. The summed E-state index contributed by atoms with van der Waals surface area (Å²) in [5.74, 6) is -1.58. The summed E-state index contributed by atoms with van der Waals surface area (Å²) in [4.78, 5) is 10.1. The monoisotopic (exact) mass is 132 g/mol. The van der Waals surface area contributed by atoms with Crippen molar-refractivity contribution in [3.63, 3.8) is 0 Å². The van der Waals surface area contributed by atoms with Crippen LogP contribution in [0.25, 0.3) is 0 Å². The van der Waals surface area contributed by atoms with E-state index in [0.29, 0.717) is 6.42 Å². The van der Waals surface area contributed by atoms with Gasteiger partial charge in [0, 0.05) is 0 Å². The molecule has 2 N–H and O–H groups in total. The summed E-state index contributed by atoms with van der Waals surface area (Å²) < 4.78 is 0. The SMILES string of the molecule is CCC(O)[C@@H](C)C(=O)O. The van der Waals surface area contributed by atoms with E-state index in [2.05, 4.69) is 0 Å². The molecule has 9 heavy (non-hydrogen) atoms. The molecule has 3 nitrogen and oxygen atoms in total. The third-order valence-corrected chi connectivity index (χ3v) is 1.38. The first kappa shape index (κ1) is 8.43. The van der Waals surface area contributed by atoms with Gasteiger partial charge in [0.25, 0.3) is 0 Å². The molecule has 1 unspecified atom stereocenters. The van der Waals surface area contributed by atoms with Crippen LogP contribution in [0.2, 0.25) is 0 Å². The Labute approximate surface area is 54.3 Å². The smallest absolute Gasteiger partial charge is 0.308 e. The van der Waals surface area contributed by atoms with Gasteiger partial charge in [0.05, 0.1) is 12.0 Å². The van der Waals surface area contributed by atoms with Gasteiger partial charge in [0.2, 0.25) is 0 Å². The second-order valence-electron chi connectivity index (χ2n) is 2.10. The maximum absolute atomic E-state index is 10.1. The van der Waals surface area contributed by atoms with Crippen molar-refractivity contribution in [2.45, 2.75) is 26.4 Å². The number of aliphatic carboxylic acids is 1. The molecule has 0 saturated carbocycles. The normalized spacial score (nSPS) is 16.8. The van der Waals surface area contributed by atoms with Crippen LogP contribution in [-0.2, 0) is 4.79 Å². The fourth-order valence-electron chi connectivity index (χ4n) is 0.518. The minimum atomic E-state index is -0.940. The average molecular weight is 132 g/mol. The van der Waals surface area contributed by atoms with Gasteiger partial charge in [-0.05, 0) is 13.3 Å². The standard InChI is InChI=1S/C6H12O3/c1-3-5(7)4(2)6(8)9/h4-5,7H,3H2,1-2H3,(H,8,9)/t4-,5?/m1/s1. The Balaban J connectivity index is 3.72. The fourth-order valence-corrected chi connectivity index (χ4v) is 0.518. The number of carbonyl (C=O) groups is 1. The van der Waals surface area contributed by atoms with Crippen LogP contribution in [0.1, 0.15) is 20.3 Å². The minimum absolute atomic E-state index is 0.494. The van der Waals surface area contributed by atoms with Crippen molar-refractivity contribution in [3.05, 3.63) is 0 Å². The molecule has 0 aliphatic rings. The van der Waals surface area contributed by atoms with E-state index in [0.717, 1.165) is 0 Å². The molecule has 0 saturated heterocycles.